The van der Waals surface area contributed by atoms with Gasteiger partial charge in [-0.05, 0) is 32.0 Å². The monoisotopic (exact) mass is 407 g/mol. The molecule has 1 aliphatic rings. The Balaban J connectivity index is 1.37. The summed E-state index contributed by atoms with van der Waals surface area (Å²) < 4.78 is 17.7. The lowest BCUT2D eigenvalue weighted by Crippen LogP contribution is -2.05. The third-order valence-electron chi connectivity index (χ3n) is 4.96. The summed E-state index contributed by atoms with van der Waals surface area (Å²) in [6.07, 6.45) is 3.02. The number of ether oxygens (including phenoxy) is 2. The summed E-state index contributed by atoms with van der Waals surface area (Å²) >= 11 is 1.50. The molecule has 6 nitrogen and oxygen atoms in total. The number of benzene rings is 2. The lowest BCUT2D eigenvalue weighted by atomic mass is 10.1. The van der Waals surface area contributed by atoms with Crippen molar-refractivity contribution in [2.45, 2.75) is 37.3 Å². The average molecular weight is 407 g/mol. The summed E-state index contributed by atoms with van der Waals surface area (Å²) in [5.41, 5.74) is 4.23. The van der Waals surface area contributed by atoms with Crippen molar-refractivity contribution in [1.82, 2.24) is 15.2 Å². The van der Waals surface area contributed by atoms with Gasteiger partial charge < -0.3 is 18.9 Å². The molecule has 0 amide bonds. The summed E-state index contributed by atoms with van der Waals surface area (Å²) in [5.74, 6) is 3.02. The predicted molar refractivity (Wildman–Crippen MR) is 113 cm³/mol. The molecule has 29 heavy (non-hydrogen) atoms. The van der Waals surface area contributed by atoms with E-state index in [1.165, 1.54) is 17.3 Å². The minimum Gasteiger partial charge on any atom is -0.494 e. The Morgan fingerprint density at radius 2 is 2.14 bits per heavy atom. The zero-order valence-corrected chi connectivity index (χ0v) is 17.1. The minimum absolute atomic E-state index is 0.206. The maximum atomic E-state index is 5.92. The van der Waals surface area contributed by atoms with Gasteiger partial charge in [-0.15, -0.1) is 10.2 Å². The largest absolute Gasteiger partial charge is 0.494 e. The maximum absolute atomic E-state index is 5.92. The highest BCUT2D eigenvalue weighted by Gasteiger charge is 2.22. The van der Waals surface area contributed by atoms with Gasteiger partial charge in [0.25, 0.3) is 11.1 Å². The van der Waals surface area contributed by atoms with Crippen LogP contribution in [0.2, 0.25) is 0 Å². The summed E-state index contributed by atoms with van der Waals surface area (Å²) in [6.45, 7) is 4.70. The van der Waals surface area contributed by atoms with Crippen LogP contribution in [-0.4, -0.2) is 27.9 Å². The van der Waals surface area contributed by atoms with Crippen molar-refractivity contribution in [3.8, 4) is 23.0 Å². The first-order valence-electron chi connectivity index (χ1n) is 9.69. The maximum Gasteiger partial charge on any atom is 0.277 e. The number of H-pyrrole nitrogens is 1. The molecule has 0 saturated heterocycles. The molecule has 1 atom stereocenters. The van der Waals surface area contributed by atoms with Crippen LogP contribution in [0.15, 0.2) is 52.2 Å². The van der Waals surface area contributed by atoms with Gasteiger partial charge in [0.15, 0.2) is 0 Å². The van der Waals surface area contributed by atoms with E-state index < -0.39 is 0 Å². The van der Waals surface area contributed by atoms with Gasteiger partial charge in [-0.1, -0.05) is 30.0 Å². The van der Waals surface area contributed by atoms with Crippen LogP contribution in [0.5, 0.6) is 11.5 Å². The van der Waals surface area contributed by atoms with Gasteiger partial charge in [0, 0.05) is 40.4 Å². The summed E-state index contributed by atoms with van der Waals surface area (Å²) in [5, 5.41) is 10.0. The first kappa shape index (κ1) is 18.1. The van der Waals surface area contributed by atoms with E-state index in [-0.39, 0.29) is 6.10 Å². The fourth-order valence-corrected chi connectivity index (χ4v) is 4.39. The number of nitrogens with zero attached hydrogens (tertiary/aromatic N) is 2. The number of hydrogen-bond acceptors (Lipinski definition) is 6. The Bertz CT molecular complexity index is 1170. The first-order valence-corrected chi connectivity index (χ1v) is 10.7. The van der Waals surface area contributed by atoms with E-state index in [0.29, 0.717) is 23.5 Å². The molecule has 5 rings (SSSR count). The highest BCUT2D eigenvalue weighted by atomic mass is 32.2. The molecule has 0 fully saturated rings. The van der Waals surface area contributed by atoms with Gasteiger partial charge in [-0.2, -0.15) is 0 Å². The lowest BCUT2D eigenvalue weighted by molar-refractivity contribution is 0.254. The Kier molecular flexibility index (Phi) is 4.67. The normalized spacial score (nSPS) is 15.4. The quantitative estimate of drug-likeness (QED) is 0.441. The summed E-state index contributed by atoms with van der Waals surface area (Å²) in [7, 11) is 0. The first-order chi connectivity index (χ1) is 14.2. The van der Waals surface area contributed by atoms with E-state index >= 15 is 0 Å². The second-order valence-corrected chi connectivity index (χ2v) is 7.97. The Labute approximate surface area is 172 Å². The van der Waals surface area contributed by atoms with Gasteiger partial charge in [-0.3, -0.25) is 0 Å². The van der Waals surface area contributed by atoms with Gasteiger partial charge in [0.05, 0.1) is 12.2 Å². The number of hydrogen-bond donors (Lipinski definition) is 1. The molecule has 4 aromatic rings. The second kappa shape index (κ2) is 7.48. The molecule has 0 bridgehead atoms. The topological polar surface area (TPSA) is 73.2 Å². The van der Waals surface area contributed by atoms with E-state index in [0.717, 1.165) is 39.9 Å². The summed E-state index contributed by atoms with van der Waals surface area (Å²) in [6, 6.07) is 12.2. The fraction of sp³-hybridized carbons (Fsp3) is 0.273. The van der Waals surface area contributed by atoms with Crippen molar-refractivity contribution in [2.24, 2.45) is 0 Å². The molecule has 148 valence electrons. The third-order valence-corrected chi connectivity index (χ3v) is 5.82. The molecule has 2 aromatic carbocycles. The number of thioether (sulfide) groups is 1. The van der Waals surface area contributed by atoms with Crippen molar-refractivity contribution in [3.05, 3.63) is 53.7 Å². The van der Waals surface area contributed by atoms with Gasteiger partial charge in [0.2, 0.25) is 0 Å². The molecule has 7 heteroatoms. The molecule has 0 aliphatic carbocycles. The highest BCUT2D eigenvalue weighted by Crippen LogP contribution is 2.38. The minimum atomic E-state index is 0.206. The fourth-order valence-electron chi connectivity index (χ4n) is 3.65. The van der Waals surface area contributed by atoms with E-state index in [9.17, 15) is 0 Å². The highest BCUT2D eigenvalue weighted by molar-refractivity contribution is 7.98. The van der Waals surface area contributed by atoms with Crippen LogP contribution < -0.4 is 9.47 Å². The van der Waals surface area contributed by atoms with Crippen LogP contribution in [-0.2, 0) is 12.2 Å². The molecule has 0 saturated carbocycles. The van der Waals surface area contributed by atoms with Crippen LogP contribution in [0, 0.1) is 0 Å². The second-order valence-electron chi connectivity index (χ2n) is 7.04. The molecule has 1 aliphatic heterocycles. The molecule has 1 N–H and O–H groups in total. The van der Waals surface area contributed by atoms with Crippen molar-refractivity contribution in [3.63, 3.8) is 0 Å². The molecule has 2 aromatic heterocycles. The van der Waals surface area contributed by atoms with Crippen LogP contribution in [0.3, 0.4) is 0 Å². The average Bonchev–Trinajstić information content (AvgIpc) is 3.43. The third kappa shape index (κ3) is 3.46. The number of rotatable bonds is 6. The number of aromatic amines is 1. The number of fused-ring (bicyclic) bond motifs is 2. The molecular weight excluding hydrogens is 386 g/mol. The lowest BCUT2D eigenvalue weighted by Gasteiger charge is -2.11. The smallest absolute Gasteiger partial charge is 0.277 e. The van der Waals surface area contributed by atoms with Crippen molar-refractivity contribution < 1.29 is 13.9 Å². The Morgan fingerprint density at radius 1 is 1.24 bits per heavy atom. The van der Waals surface area contributed by atoms with Gasteiger partial charge in [-0.25, -0.2) is 0 Å². The standard InChI is InChI=1S/C22H21N3O3S/c1-3-26-19-9-14-8-13(2)27-20(14)10-15(19)12-29-22-25-24-21(28-22)17-11-23-18-7-5-4-6-16(17)18/h4-7,9-11,13,23H,3,8,12H2,1-2H3. The van der Waals surface area contributed by atoms with Gasteiger partial charge >= 0.3 is 0 Å². The summed E-state index contributed by atoms with van der Waals surface area (Å²) in [4.78, 5) is 3.24. The van der Waals surface area contributed by atoms with E-state index in [1.54, 1.807) is 0 Å². The predicted octanol–water partition coefficient (Wildman–Crippen LogP) is 5.23. The number of nitrogens with one attached hydrogen (secondary N) is 1. The van der Waals surface area contributed by atoms with Crippen LogP contribution in [0.1, 0.15) is 25.0 Å². The molecule has 1 unspecified atom stereocenters. The van der Waals surface area contributed by atoms with Crippen molar-refractivity contribution >= 4 is 22.7 Å². The van der Waals surface area contributed by atoms with E-state index in [1.807, 2.05) is 37.4 Å². The molecule has 3 heterocycles. The zero-order chi connectivity index (χ0) is 19.8. The van der Waals surface area contributed by atoms with E-state index in [2.05, 4.69) is 34.2 Å². The molecule has 0 spiro atoms. The molecule has 0 radical (unpaired) electrons. The number of para-hydroxylation sites is 1. The van der Waals surface area contributed by atoms with Crippen molar-refractivity contribution in [1.29, 1.82) is 0 Å². The van der Waals surface area contributed by atoms with Gasteiger partial charge in [0.1, 0.15) is 17.6 Å². The van der Waals surface area contributed by atoms with Crippen LogP contribution in [0.25, 0.3) is 22.4 Å². The Hall–Kier alpha value is -2.93. The Morgan fingerprint density at radius 3 is 3.03 bits per heavy atom. The number of aromatic nitrogens is 3. The SMILES string of the molecule is CCOc1cc2c(cc1CSc1nnc(-c3c[nH]c4ccccc34)o1)OC(C)C2. The zero-order valence-electron chi connectivity index (χ0n) is 16.3. The molecular formula is C22H21N3O3S. The van der Waals surface area contributed by atoms with Crippen LogP contribution in [0.4, 0.5) is 0 Å². The van der Waals surface area contributed by atoms with E-state index in [4.69, 9.17) is 13.9 Å². The van der Waals surface area contributed by atoms with Crippen LogP contribution >= 0.6 is 11.8 Å². The van der Waals surface area contributed by atoms with Crippen molar-refractivity contribution in [2.75, 3.05) is 6.61 Å².